The number of nitro groups is 1. The van der Waals surface area contributed by atoms with Crippen molar-refractivity contribution in [1.82, 2.24) is 9.71 Å². The minimum absolute atomic E-state index is 0.170. The summed E-state index contributed by atoms with van der Waals surface area (Å²) >= 11 is 1.40. The molecule has 1 aromatic heterocycles. The van der Waals surface area contributed by atoms with Crippen molar-refractivity contribution in [3.05, 3.63) is 56.0 Å². The molecule has 24 heavy (non-hydrogen) atoms. The van der Waals surface area contributed by atoms with E-state index in [1.807, 2.05) is 11.6 Å². The van der Waals surface area contributed by atoms with Gasteiger partial charge in [-0.3, -0.25) is 14.9 Å². The van der Waals surface area contributed by atoms with Crippen molar-refractivity contribution in [2.45, 2.75) is 18.7 Å². The van der Waals surface area contributed by atoms with Gasteiger partial charge >= 0.3 is 0 Å². The van der Waals surface area contributed by atoms with E-state index in [9.17, 15) is 23.3 Å². The smallest absolute Gasteiger partial charge is 0.269 e. The van der Waals surface area contributed by atoms with Gasteiger partial charge in [0.15, 0.2) is 0 Å². The molecule has 8 nitrogen and oxygen atoms in total. The molecule has 0 bridgehead atoms. The topological polar surface area (TPSA) is 119 Å². The molecule has 2 aromatic rings. The van der Waals surface area contributed by atoms with Crippen molar-refractivity contribution >= 4 is 39.0 Å². The van der Waals surface area contributed by atoms with Crippen LogP contribution in [0, 0.1) is 24.0 Å². The van der Waals surface area contributed by atoms with Crippen molar-refractivity contribution in [2.24, 2.45) is 0 Å². The van der Waals surface area contributed by atoms with Crippen LogP contribution in [-0.4, -0.2) is 24.2 Å². The van der Waals surface area contributed by atoms with E-state index in [4.69, 9.17) is 0 Å². The number of sulfonamides is 1. The third-order valence-electron chi connectivity index (χ3n) is 2.94. The minimum atomic E-state index is -4.12. The lowest BCUT2D eigenvalue weighted by Gasteiger charge is -2.07. The molecular formula is C14H13N3O5S2. The van der Waals surface area contributed by atoms with Crippen molar-refractivity contribution in [1.29, 1.82) is 0 Å². The predicted molar refractivity (Wildman–Crippen MR) is 89.0 cm³/mol. The van der Waals surface area contributed by atoms with Gasteiger partial charge in [-0.05, 0) is 31.6 Å². The van der Waals surface area contributed by atoms with Crippen LogP contribution in [0.2, 0.25) is 0 Å². The summed E-state index contributed by atoms with van der Waals surface area (Å²) in [4.78, 5) is 25.8. The van der Waals surface area contributed by atoms with Gasteiger partial charge in [0.25, 0.3) is 21.6 Å². The number of nitrogens with one attached hydrogen (secondary N) is 1. The summed E-state index contributed by atoms with van der Waals surface area (Å²) in [7, 11) is -4.12. The molecule has 126 valence electrons. The van der Waals surface area contributed by atoms with E-state index in [2.05, 4.69) is 4.98 Å². The lowest BCUT2D eigenvalue weighted by Crippen LogP contribution is -2.29. The lowest BCUT2D eigenvalue weighted by molar-refractivity contribution is -0.385. The fourth-order valence-corrected chi connectivity index (χ4v) is 3.64. The van der Waals surface area contributed by atoms with Gasteiger partial charge < -0.3 is 0 Å². The highest BCUT2D eigenvalue weighted by Crippen LogP contribution is 2.21. The highest BCUT2D eigenvalue weighted by Gasteiger charge is 2.20. The number of benzene rings is 1. The van der Waals surface area contributed by atoms with Crippen LogP contribution in [0.3, 0.4) is 0 Å². The Morgan fingerprint density at radius 1 is 1.38 bits per heavy atom. The first-order valence-electron chi connectivity index (χ1n) is 6.61. The van der Waals surface area contributed by atoms with Gasteiger partial charge in [-0.25, -0.2) is 18.1 Å². The maximum Gasteiger partial charge on any atom is 0.269 e. The van der Waals surface area contributed by atoms with E-state index in [-0.39, 0.29) is 16.1 Å². The largest absolute Gasteiger partial charge is 0.269 e. The summed E-state index contributed by atoms with van der Waals surface area (Å²) in [6.45, 7) is 3.23. The van der Waals surface area contributed by atoms with E-state index in [1.54, 1.807) is 5.38 Å². The number of nitro benzene ring substituents is 1. The number of hydrogen-bond donors (Lipinski definition) is 1. The SMILES string of the molecule is Cc1nc(/C=C/C(=O)NS(=O)(=O)c2ccc([N+](=O)[O-])cc2C)cs1. The Hall–Kier alpha value is -2.59. The maximum atomic E-state index is 12.2. The second-order valence-corrected chi connectivity index (χ2v) is 7.51. The lowest BCUT2D eigenvalue weighted by atomic mass is 10.2. The monoisotopic (exact) mass is 367 g/mol. The molecule has 0 saturated carbocycles. The number of non-ortho nitro benzene ring substituents is 1. The predicted octanol–water partition coefficient (Wildman–Crippen LogP) is 2.19. The van der Waals surface area contributed by atoms with Crippen LogP contribution in [0.4, 0.5) is 5.69 Å². The van der Waals surface area contributed by atoms with Gasteiger partial charge in [-0.1, -0.05) is 0 Å². The molecule has 0 spiro atoms. The molecule has 0 aliphatic carbocycles. The maximum absolute atomic E-state index is 12.2. The molecular weight excluding hydrogens is 354 g/mol. The molecule has 10 heteroatoms. The zero-order chi connectivity index (χ0) is 17.9. The molecule has 0 aliphatic heterocycles. The summed E-state index contributed by atoms with van der Waals surface area (Å²) < 4.78 is 26.3. The summed E-state index contributed by atoms with van der Waals surface area (Å²) in [6.07, 6.45) is 2.46. The van der Waals surface area contributed by atoms with E-state index in [0.717, 1.165) is 29.3 Å². The fraction of sp³-hybridized carbons (Fsp3) is 0.143. The third kappa shape index (κ3) is 4.24. The molecule has 1 N–H and O–H groups in total. The van der Waals surface area contributed by atoms with Gasteiger partial charge in [0.05, 0.1) is 20.5 Å². The van der Waals surface area contributed by atoms with Gasteiger partial charge in [-0.15, -0.1) is 11.3 Å². The summed E-state index contributed by atoms with van der Waals surface area (Å²) in [5.41, 5.74) is 0.497. The summed E-state index contributed by atoms with van der Waals surface area (Å²) in [5, 5.41) is 13.2. The molecule has 0 atom stereocenters. The van der Waals surface area contributed by atoms with Gasteiger partial charge in [0, 0.05) is 23.6 Å². The van der Waals surface area contributed by atoms with Crippen LogP contribution in [0.25, 0.3) is 6.08 Å². The number of amides is 1. The van der Waals surface area contributed by atoms with Gasteiger partial charge in [0.1, 0.15) is 0 Å². The number of aryl methyl sites for hydroxylation is 2. The summed E-state index contributed by atoms with van der Waals surface area (Å²) in [5.74, 6) is -0.835. The van der Waals surface area contributed by atoms with Crippen LogP contribution < -0.4 is 4.72 Å². The Morgan fingerprint density at radius 3 is 2.62 bits per heavy atom. The van der Waals surface area contributed by atoms with Crippen molar-refractivity contribution in [3.8, 4) is 0 Å². The average molecular weight is 367 g/mol. The number of carbonyl (C=O) groups excluding carboxylic acids is 1. The number of nitrogens with zero attached hydrogens (tertiary/aromatic N) is 2. The van der Waals surface area contributed by atoms with E-state index < -0.39 is 20.9 Å². The summed E-state index contributed by atoms with van der Waals surface area (Å²) in [6, 6.07) is 3.30. The van der Waals surface area contributed by atoms with Crippen LogP contribution in [0.1, 0.15) is 16.3 Å². The number of rotatable bonds is 5. The molecule has 0 radical (unpaired) electrons. The van der Waals surface area contributed by atoms with Crippen LogP contribution in [0.15, 0.2) is 34.6 Å². The Labute approximate surface area is 142 Å². The average Bonchev–Trinajstić information content (AvgIpc) is 2.90. The zero-order valence-corrected chi connectivity index (χ0v) is 14.3. The number of hydrogen-bond acceptors (Lipinski definition) is 7. The molecule has 0 fully saturated rings. The molecule has 0 unspecified atom stereocenters. The van der Waals surface area contributed by atoms with E-state index in [1.165, 1.54) is 24.3 Å². The molecule has 2 rings (SSSR count). The first kappa shape index (κ1) is 17.8. The first-order chi connectivity index (χ1) is 11.2. The molecule has 1 aromatic carbocycles. The first-order valence-corrected chi connectivity index (χ1v) is 8.97. The minimum Gasteiger partial charge on any atom is -0.269 e. The quantitative estimate of drug-likeness (QED) is 0.491. The van der Waals surface area contributed by atoms with Crippen LogP contribution in [-0.2, 0) is 14.8 Å². The Morgan fingerprint density at radius 2 is 2.08 bits per heavy atom. The third-order valence-corrected chi connectivity index (χ3v) is 5.23. The standard InChI is InChI=1S/C14H13N3O5S2/c1-9-7-12(17(19)20)4-5-13(9)24(21,22)16-14(18)6-3-11-8-23-10(2)15-11/h3-8H,1-2H3,(H,16,18)/b6-3+. The van der Waals surface area contributed by atoms with Gasteiger partial charge in [-0.2, -0.15) is 0 Å². The Kier molecular flexibility index (Phi) is 5.10. The highest BCUT2D eigenvalue weighted by atomic mass is 32.2. The van der Waals surface area contributed by atoms with Crippen molar-refractivity contribution in [2.75, 3.05) is 0 Å². The van der Waals surface area contributed by atoms with Crippen LogP contribution in [0.5, 0.6) is 0 Å². The van der Waals surface area contributed by atoms with E-state index in [0.29, 0.717) is 5.69 Å². The molecule has 0 saturated heterocycles. The number of aromatic nitrogens is 1. The highest BCUT2D eigenvalue weighted by molar-refractivity contribution is 7.90. The van der Waals surface area contributed by atoms with Crippen LogP contribution >= 0.6 is 11.3 Å². The van der Waals surface area contributed by atoms with E-state index >= 15 is 0 Å². The van der Waals surface area contributed by atoms with Gasteiger partial charge in [0.2, 0.25) is 0 Å². The molecule has 1 heterocycles. The second-order valence-electron chi connectivity index (χ2n) is 4.80. The molecule has 0 aliphatic rings. The zero-order valence-electron chi connectivity index (χ0n) is 12.7. The Balaban J connectivity index is 2.17. The fourth-order valence-electron chi connectivity index (χ4n) is 1.89. The molecule has 1 amide bonds. The number of carbonyl (C=O) groups is 1. The van der Waals surface area contributed by atoms with Crippen molar-refractivity contribution < 1.29 is 18.1 Å². The number of thiazole rings is 1. The normalized spacial score (nSPS) is 11.6. The second kappa shape index (κ2) is 6.89. The Bertz CT molecular complexity index is 932. The van der Waals surface area contributed by atoms with Crippen molar-refractivity contribution in [3.63, 3.8) is 0 Å².